The number of aromatic nitrogens is 2. The van der Waals surface area contributed by atoms with Crippen molar-refractivity contribution >= 4 is 24.2 Å². The van der Waals surface area contributed by atoms with Crippen molar-refractivity contribution in [3.63, 3.8) is 0 Å². The van der Waals surface area contributed by atoms with Crippen LogP contribution in [0.5, 0.6) is 0 Å². The molecule has 0 saturated carbocycles. The molecular weight excluding hydrogens is 230 g/mol. The van der Waals surface area contributed by atoms with Crippen molar-refractivity contribution in [2.24, 2.45) is 0 Å². The second-order valence-electron chi connectivity index (χ2n) is 3.53. The number of aryl methyl sites for hydroxylation is 1. The predicted octanol–water partition coefficient (Wildman–Crippen LogP) is 2.05. The molecule has 1 saturated heterocycles. The molecule has 0 bridgehead atoms. The summed E-state index contributed by atoms with van der Waals surface area (Å²) in [6.45, 7) is 4.28. The summed E-state index contributed by atoms with van der Waals surface area (Å²) in [5, 5.41) is 5.16. The molecule has 1 aliphatic heterocycles. The van der Waals surface area contributed by atoms with E-state index in [0.29, 0.717) is 5.25 Å². The van der Waals surface area contributed by atoms with Crippen LogP contribution in [0.2, 0.25) is 0 Å². The molecular formula is C10H16ClN3S. The van der Waals surface area contributed by atoms with Gasteiger partial charge in [-0.1, -0.05) is 11.8 Å². The largest absolute Gasteiger partial charge is 0.316 e. The van der Waals surface area contributed by atoms with Gasteiger partial charge in [0.15, 0.2) is 0 Å². The average molecular weight is 246 g/mol. The van der Waals surface area contributed by atoms with E-state index in [2.05, 4.69) is 15.3 Å². The minimum Gasteiger partial charge on any atom is -0.316 e. The average Bonchev–Trinajstić information content (AvgIpc) is 2.23. The Morgan fingerprint density at radius 2 is 2.20 bits per heavy atom. The van der Waals surface area contributed by atoms with Gasteiger partial charge in [0.1, 0.15) is 5.03 Å². The molecule has 0 spiro atoms. The van der Waals surface area contributed by atoms with Crippen molar-refractivity contribution in [3.05, 3.63) is 18.1 Å². The van der Waals surface area contributed by atoms with Gasteiger partial charge in [-0.25, -0.2) is 4.98 Å². The number of thioether (sulfide) groups is 1. The van der Waals surface area contributed by atoms with Gasteiger partial charge in [0.25, 0.3) is 0 Å². The van der Waals surface area contributed by atoms with E-state index in [1.807, 2.05) is 18.7 Å². The third kappa shape index (κ3) is 3.63. The van der Waals surface area contributed by atoms with Gasteiger partial charge in [0.05, 0.1) is 5.69 Å². The zero-order valence-electron chi connectivity index (χ0n) is 8.77. The summed E-state index contributed by atoms with van der Waals surface area (Å²) in [5.41, 5.74) is 1.04. The van der Waals surface area contributed by atoms with Crippen molar-refractivity contribution in [2.75, 3.05) is 13.1 Å². The van der Waals surface area contributed by atoms with Gasteiger partial charge in [-0.3, -0.25) is 4.98 Å². The molecule has 1 aromatic heterocycles. The van der Waals surface area contributed by atoms with Crippen LogP contribution < -0.4 is 5.32 Å². The highest BCUT2D eigenvalue weighted by Gasteiger charge is 2.15. The predicted molar refractivity (Wildman–Crippen MR) is 65.8 cm³/mol. The van der Waals surface area contributed by atoms with E-state index < -0.39 is 0 Å². The smallest absolute Gasteiger partial charge is 0.118 e. The molecule has 2 heterocycles. The molecule has 84 valence electrons. The third-order valence-electron chi connectivity index (χ3n) is 2.37. The van der Waals surface area contributed by atoms with Gasteiger partial charge < -0.3 is 5.32 Å². The SMILES string of the molecule is Cc1nccnc1SC1CCCNC1.Cl. The summed E-state index contributed by atoms with van der Waals surface area (Å²) in [4.78, 5) is 8.59. The summed E-state index contributed by atoms with van der Waals surface area (Å²) >= 11 is 1.86. The number of nitrogens with zero attached hydrogens (tertiary/aromatic N) is 2. The van der Waals surface area contributed by atoms with Crippen LogP contribution in [0.15, 0.2) is 17.4 Å². The lowest BCUT2D eigenvalue weighted by molar-refractivity contribution is 0.531. The van der Waals surface area contributed by atoms with E-state index in [9.17, 15) is 0 Å². The van der Waals surface area contributed by atoms with E-state index in [-0.39, 0.29) is 12.4 Å². The molecule has 1 aromatic rings. The highest BCUT2D eigenvalue weighted by Crippen LogP contribution is 2.26. The van der Waals surface area contributed by atoms with Crippen molar-refractivity contribution in [1.29, 1.82) is 0 Å². The first-order valence-corrected chi connectivity index (χ1v) is 5.89. The Morgan fingerprint density at radius 3 is 2.87 bits per heavy atom. The lowest BCUT2D eigenvalue weighted by Crippen LogP contribution is -2.31. The van der Waals surface area contributed by atoms with Crippen molar-refractivity contribution in [1.82, 2.24) is 15.3 Å². The van der Waals surface area contributed by atoms with E-state index in [4.69, 9.17) is 0 Å². The summed E-state index contributed by atoms with van der Waals surface area (Å²) in [5.74, 6) is 0. The molecule has 1 atom stereocenters. The van der Waals surface area contributed by atoms with E-state index in [1.165, 1.54) is 12.8 Å². The van der Waals surface area contributed by atoms with Crippen LogP contribution in [-0.2, 0) is 0 Å². The first kappa shape index (κ1) is 12.7. The molecule has 3 nitrogen and oxygen atoms in total. The molecule has 1 unspecified atom stereocenters. The maximum atomic E-state index is 4.35. The van der Waals surface area contributed by atoms with Gasteiger partial charge in [-0.05, 0) is 26.3 Å². The first-order valence-electron chi connectivity index (χ1n) is 5.01. The number of piperidine rings is 1. The lowest BCUT2D eigenvalue weighted by Gasteiger charge is -2.21. The second kappa shape index (κ2) is 6.30. The Hall–Kier alpha value is -0.320. The molecule has 15 heavy (non-hydrogen) atoms. The standard InChI is InChI=1S/C10H15N3S.ClH/c1-8-10(13-6-5-12-8)14-9-3-2-4-11-7-9;/h5-6,9,11H,2-4,7H2,1H3;1H. The maximum Gasteiger partial charge on any atom is 0.118 e. The Kier molecular flexibility index (Phi) is 5.36. The Morgan fingerprint density at radius 1 is 1.40 bits per heavy atom. The first-order chi connectivity index (χ1) is 6.86. The van der Waals surface area contributed by atoms with E-state index in [1.54, 1.807) is 12.4 Å². The third-order valence-corrected chi connectivity index (χ3v) is 3.73. The number of hydrogen-bond donors (Lipinski definition) is 1. The van der Waals surface area contributed by atoms with Gasteiger partial charge in [0, 0.05) is 24.2 Å². The fourth-order valence-electron chi connectivity index (χ4n) is 1.59. The number of halogens is 1. The molecule has 1 N–H and O–H groups in total. The van der Waals surface area contributed by atoms with Crippen LogP contribution in [0.3, 0.4) is 0 Å². The number of hydrogen-bond acceptors (Lipinski definition) is 4. The Bertz CT molecular complexity index is 302. The van der Waals surface area contributed by atoms with Crippen LogP contribution in [0, 0.1) is 6.92 Å². The highest BCUT2D eigenvalue weighted by molar-refractivity contribution is 7.99. The molecule has 0 radical (unpaired) electrons. The zero-order chi connectivity index (χ0) is 9.80. The van der Waals surface area contributed by atoms with Crippen LogP contribution in [0.4, 0.5) is 0 Å². The minimum atomic E-state index is 0. The summed E-state index contributed by atoms with van der Waals surface area (Å²) in [6, 6.07) is 0. The van der Waals surface area contributed by atoms with E-state index in [0.717, 1.165) is 23.8 Å². The topological polar surface area (TPSA) is 37.8 Å². The monoisotopic (exact) mass is 245 g/mol. The molecule has 5 heteroatoms. The molecule has 0 aromatic carbocycles. The number of rotatable bonds is 2. The van der Waals surface area contributed by atoms with Crippen molar-refractivity contribution < 1.29 is 0 Å². The molecule has 1 fully saturated rings. The van der Waals surface area contributed by atoms with Gasteiger partial charge in [0.2, 0.25) is 0 Å². The molecule has 2 rings (SSSR count). The van der Waals surface area contributed by atoms with Crippen molar-refractivity contribution in [3.8, 4) is 0 Å². The number of nitrogens with one attached hydrogen (secondary N) is 1. The van der Waals surface area contributed by atoms with Gasteiger partial charge in [-0.2, -0.15) is 0 Å². The Labute approximate surface area is 101 Å². The molecule has 1 aliphatic rings. The highest BCUT2D eigenvalue weighted by atomic mass is 35.5. The maximum absolute atomic E-state index is 4.35. The fraction of sp³-hybridized carbons (Fsp3) is 0.600. The summed E-state index contributed by atoms with van der Waals surface area (Å²) in [6.07, 6.45) is 6.08. The molecule has 0 aliphatic carbocycles. The van der Waals surface area contributed by atoms with Crippen molar-refractivity contribution in [2.45, 2.75) is 30.0 Å². The summed E-state index contributed by atoms with van der Waals surface area (Å²) in [7, 11) is 0. The van der Waals surface area contributed by atoms with Gasteiger partial charge >= 0.3 is 0 Å². The second-order valence-corrected chi connectivity index (χ2v) is 4.82. The van der Waals surface area contributed by atoms with Crippen LogP contribution in [-0.4, -0.2) is 28.3 Å². The minimum absolute atomic E-state index is 0. The quantitative estimate of drug-likeness (QED) is 0.866. The van der Waals surface area contributed by atoms with Crippen LogP contribution in [0.25, 0.3) is 0 Å². The zero-order valence-corrected chi connectivity index (χ0v) is 10.4. The van der Waals surface area contributed by atoms with Crippen LogP contribution >= 0.6 is 24.2 Å². The van der Waals surface area contributed by atoms with Gasteiger partial charge in [-0.15, -0.1) is 12.4 Å². The van der Waals surface area contributed by atoms with Crippen LogP contribution in [0.1, 0.15) is 18.5 Å². The summed E-state index contributed by atoms with van der Waals surface area (Å²) < 4.78 is 0. The molecule has 0 amide bonds. The Balaban J connectivity index is 0.00000112. The van der Waals surface area contributed by atoms with E-state index >= 15 is 0 Å². The fourth-order valence-corrected chi connectivity index (χ4v) is 2.74. The lowest BCUT2D eigenvalue weighted by atomic mass is 10.2. The normalized spacial score (nSPS) is 20.7.